The third kappa shape index (κ3) is 7.09. The summed E-state index contributed by atoms with van der Waals surface area (Å²) in [5.74, 6) is -0.592. The minimum Gasteiger partial charge on any atom is -0.458 e. The Morgan fingerprint density at radius 2 is 1.41 bits per heavy atom. The number of amides is 2. The predicted octanol–water partition coefficient (Wildman–Crippen LogP) is 4.87. The number of carbonyl (C=O) groups is 3. The minimum absolute atomic E-state index is 0.0474. The average Bonchev–Trinajstić information content (AvgIpc) is 3.13. The van der Waals surface area contributed by atoms with Crippen LogP contribution in [0.25, 0.3) is 11.1 Å². The van der Waals surface area contributed by atoms with Gasteiger partial charge in [-0.1, -0.05) is 48.5 Å². The molecule has 39 heavy (non-hydrogen) atoms. The number of fused-ring (bicyclic) bond motifs is 3. The molecule has 2 aromatic carbocycles. The van der Waals surface area contributed by atoms with Gasteiger partial charge in [0, 0.05) is 5.92 Å². The van der Waals surface area contributed by atoms with Crippen molar-refractivity contribution in [3.05, 3.63) is 59.7 Å². The van der Waals surface area contributed by atoms with E-state index in [4.69, 9.17) is 18.9 Å². The molecule has 0 bridgehead atoms. The van der Waals surface area contributed by atoms with Gasteiger partial charge >= 0.3 is 18.2 Å². The monoisotopic (exact) mass is 538 g/mol. The minimum atomic E-state index is -0.973. The quantitative estimate of drug-likeness (QED) is 0.396. The summed E-state index contributed by atoms with van der Waals surface area (Å²) in [6.45, 7) is 10.9. The highest BCUT2D eigenvalue weighted by atomic mass is 16.6. The van der Waals surface area contributed by atoms with Crippen LogP contribution in [0.4, 0.5) is 9.59 Å². The molecule has 0 saturated carbocycles. The first-order valence-corrected chi connectivity index (χ1v) is 13.2. The smallest absolute Gasteiger partial charge is 0.410 e. The lowest BCUT2D eigenvalue weighted by Gasteiger charge is -2.49. The Hall–Kier alpha value is -3.59. The number of nitrogens with one attached hydrogen (secondary N) is 1. The van der Waals surface area contributed by atoms with Crippen molar-refractivity contribution in [3.63, 3.8) is 0 Å². The largest absolute Gasteiger partial charge is 0.458 e. The van der Waals surface area contributed by atoms with E-state index in [1.54, 1.807) is 41.5 Å². The summed E-state index contributed by atoms with van der Waals surface area (Å²) in [5.41, 5.74) is 2.26. The maximum atomic E-state index is 12.8. The van der Waals surface area contributed by atoms with Gasteiger partial charge in [-0.25, -0.2) is 14.4 Å². The van der Waals surface area contributed by atoms with Gasteiger partial charge in [0.25, 0.3) is 0 Å². The van der Waals surface area contributed by atoms with Gasteiger partial charge in [-0.3, -0.25) is 0 Å². The number of hydrogen-bond acceptors (Lipinski definition) is 7. The van der Waals surface area contributed by atoms with Gasteiger partial charge in [0.1, 0.15) is 30.0 Å². The summed E-state index contributed by atoms with van der Waals surface area (Å²) >= 11 is 0. The zero-order chi connectivity index (χ0) is 28.4. The topological polar surface area (TPSA) is 103 Å². The van der Waals surface area contributed by atoms with Gasteiger partial charge < -0.3 is 29.2 Å². The lowest BCUT2D eigenvalue weighted by atomic mass is 9.94. The number of ether oxygens (including phenoxy) is 4. The first kappa shape index (κ1) is 28.4. The fourth-order valence-electron chi connectivity index (χ4n) is 4.82. The molecule has 9 nitrogen and oxygen atoms in total. The van der Waals surface area contributed by atoms with Crippen molar-refractivity contribution in [3.8, 4) is 11.1 Å². The molecule has 1 aliphatic heterocycles. The lowest BCUT2D eigenvalue weighted by molar-refractivity contribution is -0.178. The Morgan fingerprint density at radius 1 is 0.872 bits per heavy atom. The predicted molar refractivity (Wildman–Crippen MR) is 145 cm³/mol. The molecule has 0 atom stereocenters. The van der Waals surface area contributed by atoms with E-state index < -0.39 is 35.0 Å². The second-order valence-electron chi connectivity index (χ2n) is 12.1. The van der Waals surface area contributed by atoms with Crippen molar-refractivity contribution in [2.75, 3.05) is 32.8 Å². The van der Waals surface area contributed by atoms with E-state index in [-0.39, 0.29) is 38.8 Å². The second kappa shape index (κ2) is 10.9. The van der Waals surface area contributed by atoms with E-state index in [0.29, 0.717) is 0 Å². The van der Waals surface area contributed by atoms with Crippen LogP contribution in [0.1, 0.15) is 58.6 Å². The normalized spacial score (nSPS) is 16.0. The van der Waals surface area contributed by atoms with Crippen LogP contribution in [0.3, 0.4) is 0 Å². The standard InChI is InChI=1S/C30H38N2O7/c1-28(2,3)38-25(33)16-37-30(18-32(19-30)27(35)39-29(4,5)6)17-31-26(34)36-15-24-22-13-9-7-11-20(22)21-12-8-10-14-23(21)24/h7-14,24H,15-19H2,1-6H3,(H,31,34). The Morgan fingerprint density at radius 3 is 1.95 bits per heavy atom. The molecule has 0 aromatic heterocycles. The van der Waals surface area contributed by atoms with Gasteiger partial charge in [-0.15, -0.1) is 0 Å². The molecule has 1 aliphatic carbocycles. The molecule has 9 heteroatoms. The first-order chi connectivity index (χ1) is 18.3. The average molecular weight is 539 g/mol. The number of likely N-dealkylation sites (tertiary alicyclic amines) is 1. The summed E-state index contributed by atoms with van der Waals surface area (Å²) in [6.07, 6.45) is -1.09. The third-order valence-electron chi connectivity index (χ3n) is 6.42. The van der Waals surface area contributed by atoms with Crippen molar-refractivity contribution >= 4 is 18.2 Å². The molecule has 2 aromatic rings. The van der Waals surface area contributed by atoms with E-state index in [1.807, 2.05) is 24.3 Å². The van der Waals surface area contributed by atoms with E-state index in [2.05, 4.69) is 29.6 Å². The Bertz CT molecular complexity index is 1170. The molecule has 0 spiro atoms. The Balaban J connectivity index is 1.36. The lowest BCUT2D eigenvalue weighted by Crippen LogP contribution is -2.69. The SMILES string of the molecule is CC(C)(C)OC(=O)COC1(CNC(=O)OCC2c3ccccc3-c3ccccc32)CN(C(=O)OC(C)(C)C)C1. The highest BCUT2D eigenvalue weighted by Crippen LogP contribution is 2.44. The van der Waals surface area contributed by atoms with Crippen molar-refractivity contribution in [1.82, 2.24) is 10.2 Å². The second-order valence-corrected chi connectivity index (χ2v) is 12.1. The van der Waals surface area contributed by atoms with Crippen molar-refractivity contribution < 1.29 is 33.3 Å². The van der Waals surface area contributed by atoms with E-state index in [1.165, 1.54) is 4.90 Å². The zero-order valence-corrected chi connectivity index (χ0v) is 23.5. The molecule has 2 aliphatic rings. The maximum absolute atomic E-state index is 12.8. The van der Waals surface area contributed by atoms with Gasteiger partial charge in [0.2, 0.25) is 0 Å². The Labute approximate surface area is 229 Å². The third-order valence-corrected chi connectivity index (χ3v) is 6.42. The van der Waals surface area contributed by atoms with Crippen LogP contribution in [0, 0.1) is 0 Å². The Kier molecular flexibility index (Phi) is 7.93. The van der Waals surface area contributed by atoms with E-state index >= 15 is 0 Å². The molecule has 1 fully saturated rings. The van der Waals surface area contributed by atoms with E-state index in [9.17, 15) is 14.4 Å². The summed E-state index contributed by atoms with van der Waals surface area (Å²) in [5, 5.41) is 2.76. The molecule has 0 unspecified atom stereocenters. The fourth-order valence-corrected chi connectivity index (χ4v) is 4.82. The van der Waals surface area contributed by atoms with Gasteiger partial charge in [0.15, 0.2) is 0 Å². The summed E-state index contributed by atoms with van der Waals surface area (Å²) < 4.78 is 22.3. The number of carbonyl (C=O) groups excluding carboxylic acids is 3. The van der Waals surface area contributed by atoms with Crippen LogP contribution in [0.2, 0.25) is 0 Å². The number of nitrogens with zero attached hydrogens (tertiary/aromatic N) is 1. The number of rotatable bonds is 7. The van der Waals surface area contributed by atoms with Gasteiger partial charge in [-0.2, -0.15) is 0 Å². The van der Waals surface area contributed by atoms with Crippen LogP contribution < -0.4 is 5.32 Å². The number of esters is 1. The van der Waals surface area contributed by atoms with Gasteiger partial charge in [0.05, 0.1) is 19.6 Å². The molecule has 0 radical (unpaired) electrons. The van der Waals surface area contributed by atoms with Crippen LogP contribution in [0.15, 0.2) is 48.5 Å². The van der Waals surface area contributed by atoms with Crippen LogP contribution in [-0.4, -0.2) is 72.7 Å². The number of alkyl carbamates (subject to hydrolysis) is 1. The van der Waals surface area contributed by atoms with Crippen molar-refractivity contribution in [2.45, 2.75) is 64.3 Å². The number of hydrogen-bond donors (Lipinski definition) is 1. The summed E-state index contributed by atoms with van der Waals surface area (Å²) in [4.78, 5) is 39.0. The van der Waals surface area contributed by atoms with Crippen molar-refractivity contribution in [2.24, 2.45) is 0 Å². The maximum Gasteiger partial charge on any atom is 0.410 e. The number of benzene rings is 2. The first-order valence-electron chi connectivity index (χ1n) is 13.2. The molecule has 4 rings (SSSR count). The molecule has 2 amide bonds. The van der Waals surface area contributed by atoms with Crippen LogP contribution in [-0.2, 0) is 23.7 Å². The molecule has 210 valence electrons. The molecular weight excluding hydrogens is 500 g/mol. The summed E-state index contributed by atoms with van der Waals surface area (Å²) in [6, 6.07) is 16.2. The highest BCUT2D eigenvalue weighted by Gasteiger charge is 2.48. The molecule has 1 N–H and O–H groups in total. The molecule has 1 saturated heterocycles. The van der Waals surface area contributed by atoms with Gasteiger partial charge in [-0.05, 0) is 63.8 Å². The zero-order valence-electron chi connectivity index (χ0n) is 23.5. The van der Waals surface area contributed by atoms with Crippen molar-refractivity contribution in [1.29, 1.82) is 0 Å². The fraction of sp³-hybridized carbons (Fsp3) is 0.500. The summed E-state index contributed by atoms with van der Waals surface area (Å²) in [7, 11) is 0. The van der Waals surface area contributed by atoms with Crippen LogP contribution >= 0.6 is 0 Å². The van der Waals surface area contributed by atoms with E-state index in [0.717, 1.165) is 22.3 Å². The molecular formula is C30H38N2O7. The molecule has 1 heterocycles. The highest BCUT2D eigenvalue weighted by molar-refractivity contribution is 5.79. The van der Waals surface area contributed by atoms with Crippen LogP contribution in [0.5, 0.6) is 0 Å².